The molecule has 0 radical (unpaired) electrons. The van der Waals surface area contributed by atoms with Crippen molar-refractivity contribution in [2.45, 2.75) is 5.03 Å². The molecule has 0 bridgehead atoms. The van der Waals surface area contributed by atoms with Crippen molar-refractivity contribution in [3.05, 3.63) is 30.6 Å². The van der Waals surface area contributed by atoms with Crippen molar-refractivity contribution < 1.29 is 14.6 Å². The Morgan fingerprint density at radius 2 is 2.09 bits per heavy atom. The molecule has 0 fully saturated rings. The fraction of sp³-hybridized carbons (Fsp3) is 0.154. The van der Waals surface area contributed by atoms with Crippen LogP contribution in [0, 0.1) is 0 Å². The molecule has 9 heteroatoms. The molecule has 8 nitrogen and oxygen atoms in total. The topological polar surface area (TPSA) is 103 Å². The van der Waals surface area contributed by atoms with Crippen molar-refractivity contribution in [3.8, 4) is 11.4 Å². The van der Waals surface area contributed by atoms with Crippen LogP contribution in [0.1, 0.15) is 0 Å². The van der Waals surface area contributed by atoms with Gasteiger partial charge in [-0.1, -0.05) is 17.0 Å². The molecule has 1 aromatic carbocycles. The third-order valence-electron chi connectivity index (χ3n) is 2.85. The van der Waals surface area contributed by atoms with E-state index in [2.05, 4.69) is 20.3 Å². The number of hydrogen-bond donors (Lipinski definition) is 1. The van der Waals surface area contributed by atoms with Gasteiger partial charge in [0.25, 0.3) is 0 Å². The van der Waals surface area contributed by atoms with E-state index in [0.29, 0.717) is 16.2 Å². The molecule has 2 aromatic heterocycles. The van der Waals surface area contributed by atoms with Gasteiger partial charge >= 0.3 is 5.97 Å². The van der Waals surface area contributed by atoms with Gasteiger partial charge < -0.3 is 9.84 Å². The fourth-order valence-corrected chi connectivity index (χ4v) is 2.51. The molecule has 0 amide bonds. The summed E-state index contributed by atoms with van der Waals surface area (Å²) in [6.45, 7) is 0. The van der Waals surface area contributed by atoms with E-state index in [4.69, 9.17) is 9.84 Å². The number of carboxylic acids is 1. The standard InChI is InChI=1S/C13H11N5O3S/c1-21-9-4-2-8(3-5-9)18-12-11(16-17-18)13(15-7-14-12)22-6-10(19)20/h2-5,7H,6H2,1H3,(H,19,20). The molecule has 0 aliphatic carbocycles. The molecule has 0 spiro atoms. The lowest BCUT2D eigenvalue weighted by atomic mass is 10.3. The summed E-state index contributed by atoms with van der Waals surface area (Å²) in [4.78, 5) is 18.9. The lowest BCUT2D eigenvalue weighted by Gasteiger charge is -2.03. The van der Waals surface area contributed by atoms with Crippen LogP contribution in [0.3, 0.4) is 0 Å². The number of hydrogen-bond acceptors (Lipinski definition) is 7. The third kappa shape index (κ3) is 2.70. The number of thioether (sulfide) groups is 1. The van der Waals surface area contributed by atoms with Crippen molar-refractivity contribution >= 4 is 28.9 Å². The van der Waals surface area contributed by atoms with Crippen LogP contribution in [0.4, 0.5) is 0 Å². The number of aliphatic carboxylic acids is 1. The summed E-state index contributed by atoms with van der Waals surface area (Å²) in [6.07, 6.45) is 1.37. The minimum absolute atomic E-state index is 0.0957. The van der Waals surface area contributed by atoms with Crippen molar-refractivity contribution in [2.24, 2.45) is 0 Å². The number of fused-ring (bicyclic) bond motifs is 1. The number of rotatable bonds is 5. The van der Waals surface area contributed by atoms with Crippen molar-refractivity contribution in [1.82, 2.24) is 25.0 Å². The summed E-state index contributed by atoms with van der Waals surface area (Å²) in [5.41, 5.74) is 1.77. The smallest absolute Gasteiger partial charge is 0.313 e. The fourth-order valence-electron chi connectivity index (χ4n) is 1.86. The molecule has 3 rings (SSSR count). The molecule has 22 heavy (non-hydrogen) atoms. The molecule has 2 heterocycles. The van der Waals surface area contributed by atoms with Crippen LogP contribution in [-0.2, 0) is 4.79 Å². The zero-order valence-corrected chi connectivity index (χ0v) is 12.3. The van der Waals surface area contributed by atoms with Gasteiger partial charge in [0.2, 0.25) is 0 Å². The van der Waals surface area contributed by atoms with Gasteiger partial charge in [-0.05, 0) is 24.3 Å². The first-order valence-electron chi connectivity index (χ1n) is 6.24. The number of aromatic nitrogens is 5. The number of carboxylic acid groups (broad SMARTS) is 1. The van der Waals surface area contributed by atoms with Crippen LogP contribution in [-0.4, -0.2) is 48.9 Å². The van der Waals surface area contributed by atoms with E-state index in [1.807, 2.05) is 24.3 Å². The monoisotopic (exact) mass is 317 g/mol. The van der Waals surface area contributed by atoms with E-state index in [0.717, 1.165) is 23.2 Å². The highest BCUT2D eigenvalue weighted by Gasteiger charge is 2.14. The zero-order chi connectivity index (χ0) is 15.5. The van der Waals surface area contributed by atoms with Crippen LogP contribution in [0.2, 0.25) is 0 Å². The Kier molecular flexibility index (Phi) is 3.88. The molecular formula is C13H11N5O3S. The average molecular weight is 317 g/mol. The maximum atomic E-state index is 10.7. The molecule has 0 saturated heterocycles. The second-order valence-electron chi connectivity index (χ2n) is 4.23. The first-order chi connectivity index (χ1) is 10.7. The summed E-state index contributed by atoms with van der Waals surface area (Å²) >= 11 is 1.09. The highest BCUT2D eigenvalue weighted by molar-refractivity contribution is 8.00. The van der Waals surface area contributed by atoms with Gasteiger partial charge in [0.05, 0.1) is 18.6 Å². The first-order valence-corrected chi connectivity index (χ1v) is 7.23. The second-order valence-corrected chi connectivity index (χ2v) is 5.20. The SMILES string of the molecule is COc1ccc(-n2nnc3c(SCC(=O)O)ncnc32)cc1. The van der Waals surface area contributed by atoms with E-state index in [1.54, 1.807) is 11.8 Å². The molecular weight excluding hydrogens is 306 g/mol. The molecule has 0 saturated carbocycles. The number of benzene rings is 1. The van der Waals surface area contributed by atoms with Gasteiger partial charge in [0.1, 0.15) is 17.1 Å². The van der Waals surface area contributed by atoms with Crippen molar-refractivity contribution in [3.63, 3.8) is 0 Å². The Bertz CT molecular complexity index is 818. The highest BCUT2D eigenvalue weighted by atomic mass is 32.2. The lowest BCUT2D eigenvalue weighted by Crippen LogP contribution is -2.00. The summed E-state index contributed by atoms with van der Waals surface area (Å²) < 4.78 is 6.69. The van der Waals surface area contributed by atoms with Crippen LogP contribution >= 0.6 is 11.8 Å². The molecule has 0 unspecified atom stereocenters. The van der Waals surface area contributed by atoms with Gasteiger partial charge in [-0.2, -0.15) is 4.68 Å². The maximum absolute atomic E-state index is 10.7. The largest absolute Gasteiger partial charge is 0.497 e. The Hall–Kier alpha value is -2.68. The Morgan fingerprint density at radius 3 is 2.77 bits per heavy atom. The average Bonchev–Trinajstić information content (AvgIpc) is 2.97. The van der Waals surface area contributed by atoms with Gasteiger partial charge in [0, 0.05) is 0 Å². The van der Waals surface area contributed by atoms with Crippen molar-refractivity contribution in [2.75, 3.05) is 12.9 Å². The van der Waals surface area contributed by atoms with Crippen LogP contribution in [0.15, 0.2) is 35.6 Å². The normalized spacial score (nSPS) is 10.8. The molecule has 0 atom stereocenters. The molecule has 0 aliphatic heterocycles. The van der Waals surface area contributed by atoms with Gasteiger partial charge in [-0.3, -0.25) is 4.79 Å². The number of nitrogens with zero attached hydrogens (tertiary/aromatic N) is 5. The second kappa shape index (κ2) is 5.98. The predicted molar refractivity (Wildman–Crippen MR) is 79.4 cm³/mol. The Labute approximate surface area is 129 Å². The Balaban J connectivity index is 2.00. The molecule has 3 aromatic rings. The number of methoxy groups -OCH3 is 1. The van der Waals surface area contributed by atoms with Crippen LogP contribution in [0.25, 0.3) is 16.9 Å². The first kappa shape index (κ1) is 14.3. The van der Waals surface area contributed by atoms with E-state index in [-0.39, 0.29) is 5.75 Å². The Morgan fingerprint density at radius 1 is 1.32 bits per heavy atom. The highest BCUT2D eigenvalue weighted by Crippen LogP contribution is 2.24. The summed E-state index contributed by atoms with van der Waals surface area (Å²) in [6, 6.07) is 7.28. The zero-order valence-electron chi connectivity index (χ0n) is 11.5. The van der Waals surface area contributed by atoms with E-state index in [1.165, 1.54) is 6.33 Å². The van der Waals surface area contributed by atoms with E-state index in [9.17, 15) is 4.79 Å². The minimum atomic E-state index is -0.917. The van der Waals surface area contributed by atoms with Gasteiger partial charge in [-0.25, -0.2) is 9.97 Å². The van der Waals surface area contributed by atoms with E-state index >= 15 is 0 Å². The molecule has 112 valence electrons. The molecule has 1 N–H and O–H groups in total. The summed E-state index contributed by atoms with van der Waals surface area (Å²) in [7, 11) is 1.60. The number of carbonyl (C=O) groups is 1. The third-order valence-corrected chi connectivity index (χ3v) is 3.82. The van der Waals surface area contributed by atoms with Crippen molar-refractivity contribution in [1.29, 1.82) is 0 Å². The minimum Gasteiger partial charge on any atom is -0.497 e. The lowest BCUT2D eigenvalue weighted by molar-refractivity contribution is -0.133. The maximum Gasteiger partial charge on any atom is 0.313 e. The predicted octanol–water partition coefficient (Wildman–Crippen LogP) is 1.40. The quantitative estimate of drug-likeness (QED) is 0.556. The molecule has 0 aliphatic rings. The summed E-state index contributed by atoms with van der Waals surface area (Å²) in [5.74, 6) is -0.276. The summed E-state index contributed by atoms with van der Waals surface area (Å²) in [5, 5.41) is 17.4. The van der Waals surface area contributed by atoms with Gasteiger partial charge in [-0.15, -0.1) is 5.10 Å². The van der Waals surface area contributed by atoms with Gasteiger partial charge in [0.15, 0.2) is 11.2 Å². The van der Waals surface area contributed by atoms with Crippen LogP contribution in [0.5, 0.6) is 5.75 Å². The van der Waals surface area contributed by atoms with E-state index < -0.39 is 5.97 Å². The van der Waals surface area contributed by atoms with Crippen LogP contribution < -0.4 is 4.74 Å². The number of ether oxygens (including phenoxy) is 1.